The maximum Gasteiger partial charge on any atom is 0.410 e. The summed E-state index contributed by atoms with van der Waals surface area (Å²) in [5.74, 6) is -0.588. The van der Waals surface area contributed by atoms with E-state index in [0.717, 1.165) is 51.9 Å². The molecule has 0 N–H and O–H groups in total. The first-order valence-corrected chi connectivity index (χ1v) is 13.5. The molecule has 0 radical (unpaired) electrons. The molecule has 8 nitrogen and oxygen atoms in total. The number of ether oxygens (including phenoxy) is 2. The standard InChI is InChI=1S/C32H33N3O5/c1-5-39-31(37)27-17-35(24-11-12-24)29-21(3)25(13-14-26(29)30(27)36)23-15-20(2)28(33-16-23)18-34(4)32(38)40-19-22-9-7-6-8-10-22/h6-10,13-17,24H,5,11-12,18-19H2,1-4H3. The highest BCUT2D eigenvalue weighted by atomic mass is 16.6. The van der Waals surface area contributed by atoms with Crippen LogP contribution in [0, 0.1) is 13.8 Å². The van der Waals surface area contributed by atoms with Crippen LogP contribution in [0.3, 0.4) is 0 Å². The van der Waals surface area contributed by atoms with Crippen molar-refractivity contribution in [2.45, 2.75) is 52.8 Å². The van der Waals surface area contributed by atoms with E-state index in [1.54, 1.807) is 32.4 Å². The minimum Gasteiger partial charge on any atom is -0.462 e. The molecule has 1 aliphatic rings. The number of aromatic nitrogens is 2. The number of hydrogen-bond donors (Lipinski definition) is 0. The predicted molar refractivity (Wildman–Crippen MR) is 153 cm³/mol. The molecule has 2 heterocycles. The molecule has 8 heteroatoms. The van der Waals surface area contributed by atoms with Crippen molar-refractivity contribution in [1.29, 1.82) is 0 Å². The molecule has 0 saturated heterocycles. The van der Waals surface area contributed by atoms with Crippen molar-refractivity contribution in [3.63, 3.8) is 0 Å². The molecule has 0 unspecified atom stereocenters. The van der Waals surface area contributed by atoms with Crippen molar-refractivity contribution in [2.75, 3.05) is 13.7 Å². The topological polar surface area (TPSA) is 90.7 Å². The lowest BCUT2D eigenvalue weighted by atomic mass is 9.96. The predicted octanol–water partition coefficient (Wildman–Crippen LogP) is 5.96. The number of aryl methyl sites for hydroxylation is 2. The zero-order chi connectivity index (χ0) is 28.4. The summed E-state index contributed by atoms with van der Waals surface area (Å²) in [5.41, 5.74) is 6.06. The average molecular weight is 540 g/mol. The molecule has 2 aromatic carbocycles. The van der Waals surface area contributed by atoms with Gasteiger partial charge in [0.25, 0.3) is 0 Å². The van der Waals surface area contributed by atoms with E-state index in [2.05, 4.69) is 9.55 Å². The van der Waals surface area contributed by atoms with E-state index < -0.39 is 12.1 Å². The highest BCUT2D eigenvalue weighted by Gasteiger charge is 2.28. The summed E-state index contributed by atoms with van der Waals surface area (Å²) in [7, 11) is 1.69. The van der Waals surface area contributed by atoms with Crippen LogP contribution < -0.4 is 5.43 Å². The molecule has 0 bridgehead atoms. The summed E-state index contributed by atoms with van der Waals surface area (Å²) in [6.45, 7) is 6.44. The normalized spacial score (nSPS) is 12.8. The van der Waals surface area contributed by atoms with Gasteiger partial charge in [-0.3, -0.25) is 9.78 Å². The summed E-state index contributed by atoms with van der Waals surface area (Å²) in [6.07, 6.45) is 5.05. The summed E-state index contributed by atoms with van der Waals surface area (Å²) in [6, 6.07) is 15.6. The first-order chi connectivity index (χ1) is 19.3. The van der Waals surface area contributed by atoms with Gasteiger partial charge in [0, 0.05) is 36.4 Å². The zero-order valence-corrected chi connectivity index (χ0v) is 23.3. The number of hydrogen-bond acceptors (Lipinski definition) is 6. The van der Waals surface area contributed by atoms with Gasteiger partial charge in [0.1, 0.15) is 12.2 Å². The summed E-state index contributed by atoms with van der Waals surface area (Å²) in [4.78, 5) is 44.5. The fourth-order valence-corrected chi connectivity index (χ4v) is 4.97. The number of rotatable bonds is 8. The van der Waals surface area contributed by atoms with Crippen molar-refractivity contribution in [3.05, 3.63) is 99.1 Å². The molecule has 40 heavy (non-hydrogen) atoms. The van der Waals surface area contributed by atoms with Crippen LogP contribution in [0.5, 0.6) is 0 Å². The summed E-state index contributed by atoms with van der Waals surface area (Å²) in [5, 5.41) is 0.510. The minimum atomic E-state index is -0.588. The van der Waals surface area contributed by atoms with Gasteiger partial charge >= 0.3 is 12.1 Å². The van der Waals surface area contributed by atoms with Crippen LogP contribution in [0.25, 0.3) is 22.0 Å². The molecule has 1 saturated carbocycles. The molecular weight excluding hydrogens is 506 g/mol. The molecule has 4 aromatic rings. The van der Waals surface area contributed by atoms with Crippen LogP contribution in [0.4, 0.5) is 4.79 Å². The third-order valence-electron chi connectivity index (χ3n) is 7.28. The van der Waals surface area contributed by atoms with Crippen molar-refractivity contribution in [2.24, 2.45) is 0 Å². The highest BCUT2D eigenvalue weighted by Crippen LogP contribution is 2.39. The molecule has 5 rings (SSSR count). The first-order valence-electron chi connectivity index (χ1n) is 13.5. The molecular formula is C32H33N3O5. The lowest BCUT2D eigenvalue weighted by Gasteiger charge is -2.19. The molecule has 0 aliphatic heterocycles. The van der Waals surface area contributed by atoms with Crippen molar-refractivity contribution in [1.82, 2.24) is 14.5 Å². The fourth-order valence-electron chi connectivity index (χ4n) is 4.97. The van der Waals surface area contributed by atoms with Crippen LogP contribution in [-0.4, -0.2) is 40.2 Å². The van der Waals surface area contributed by atoms with Crippen LogP contribution >= 0.6 is 0 Å². The van der Waals surface area contributed by atoms with Crippen LogP contribution in [0.2, 0.25) is 0 Å². The lowest BCUT2D eigenvalue weighted by Crippen LogP contribution is -2.27. The third kappa shape index (κ3) is 5.47. The van der Waals surface area contributed by atoms with Gasteiger partial charge in [0.2, 0.25) is 5.43 Å². The number of esters is 1. The Kier molecular flexibility index (Phi) is 7.69. The molecule has 1 amide bonds. The second-order valence-corrected chi connectivity index (χ2v) is 10.2. The van der Waals surface area contributed by atoms with Crippen molar-refractivity contribution in [3.8, 4) is 11.1 Å². The van der Waals surface area contributed by atoms with Crippen LogP contribution in [0.1, 0.15) is 58.5 Å². The number of amides is 1. The van der Waals surface area contributed by atoms with E-state index in [9.17, 15) is 14.4 Å². The first kappa shape index (κ1) is 27.1. The van der Waals surface area contributed by atoms with Gasteiger partial charge in [0.05, 0.1) is 24.4 Å². The molecule has 0 atom stereocenters. The Morgan fingerprint density at radius 1 is 1.07 bits per heavy atom. The third-order valence-corrected chi connectivity index (χ3v) is 7.28. The Hall–Kier alpha value is -4.46. The Labute approximate surface area is 233 Å². The molecule has 2 aromatic heterocycles. The van der Waals surface area contributed by atoms with Crippen LogP contribution in [-0.2, 0) is 22.6 Å². The number of fused-ring (bicyclic) bond motifs is 1. The van der Waals surface area contributed by atoms with Gasteiger partial charge in [-0.2, -0.15) is 0 Å². The van der Waals surface area contributed by atoms with Crippen molar-refractivity contribution >= 4 is 23.0 Å². The molecule has 1 aliphatic carbocycles. The Bertz CT molecular complexity index is 1640. The largest absolute Gasteiger partial charge is 0.462 e. The average Bonchev–Trinajstić information content (AvgIpc) is 3.79. The second-order valence-electron chi connectivity index (χ2n) is 10.2. The maximum absolute atomic E-state index is 13.3. The molecule has 0 spiro atoms. The van der Waals surface area contributed by atoms with E-state index in [4.69, 9.17) is 9.47 Å². The number of nitrogens with zero attached hydrogens (tertiary/aromatic N) is 3. The van der Waals surface area contributed by atoms with Gasteiger partial charge in [-0.25, -0.2) is 9.59 Å². The lowest BCUT2D eigenvalue weighted by molar-refractivity contribution is 0.0524. The number of carbonyl (C=O) groups excluding carboxylic acids is 2. The quantitative estimate of drug-likeness (QED) is 0.257. The number of pyridine rings is 2. The molecule has 1 fully saturated rings. The smallest absolute Gasteiger partial charge is 0.410 e. The van der Waals surface area contributed by atoms with E-state index in [1.807, 2.05) is 56.3 Å². The van der Waals surface area contributed by atoms with Crippen molar-refractivity contribution < 1.29 is 19.1 Å². The van der Waals surface area contributed by atoms with E-state index in [0.29, 0.717) is 11.9 Å². The van der Waals surface area contributed by atoms with E-state index >= 15 is 0 Å². The van der Waals surface area contributed by atoms with Gasteiger partial charge in [-0.15, -0.1) is 0 Å². The SMILES string of the molecule is CCOC(=O)c1cn(C2CC2)c2c(C)c(-c3cnc(CN(C)C(=O)OCc4ccccc4)c(C)c3)ccc2c1=O. The van der Waals surface area contributed by atoms with Gasteiger partial charge in [-0.05, 0) is 68.0 Å². The maximum atomic E-state index is 13.3. The van der Waals surface area contributed by atoms with E-state index in [1.165, 1.54) is 4.90 Å². The number of benzene rings is 2. The second kappa shape index (κ2) is 11.3. The Morgan fingerprint density at radius 2 is 1.82 bits per heavy atom. The van der Waals surface area contributed by atoms with Gasteiger partial charge in [-0.1, -0.05) is 36.4 Å². The Morgan fingerprint density at radius 3 is 2.50 bits per heavy atom. The Balaban J connectivity index is 1.41. The fraction of sp³-hybridized carbons (Fsp3) is 0.312. The summed E-state index contributed by atoms with van der Waals surface area (Å²) >= 11 is 0. The van der Waals surface area contributed by atoms with Gasteiger partial charge < -0.3 is 18.9 Å². The minimum absolute atomic E-state index is 0.0710. The molecule has 206 valence electrons. The van der Waals surface area contributed by atoms with Gasteiger partial charge in [0.15, 0.2) is 0 Å². The monoisotopic (exact) mass is 539 g/mol. The van der Waals surface area contributed by atoms with E-state index in [-0.39, 0.29) is 30.2 Å². The zero-order valence-electron chi connectivity index (χ0n) is 23.3. The van der Waals surface area contributed by atoms with Crippen LogP contribution in [0.15, 0.2) is 65.7 Å². The number of carbonyl (C=O) groups is 2. The summed E-state index contributed by atoms with van der Waals surface area (Å²) < 4.78 is 12.6. The highest BCUT2D eigenvalue weighted by molar-refractivity contribution is 5.96.